The van der Waals surface area contributed by atoms with E-state index in [0.717, 1.165) is 45.8 Å². The number of aromatic amines is 1. The summed E-state index contributed by atoms with van der Waals surface area (Å²) in [6, 6.07) is 3.93. The third-order valence-corrected chi connectivity index (χ3v) is 3.62. The van der Waals surface area contributed by atoms with Gasteiger partial charge in [-0.2, -0.15) is 5.26 Å². The number of benzene rings is 1. The van der Waals surface area contributed by atoms with Crippen molar-refractivity contribution in [2.75, 3.05) is 18.4 Å². The number of halogens is 1. The molecule has 0 unspecified atom stereocenters. The average Bonchev–Trinajstić information content (AvgIpc) is 3.03. The van der Waals surface area contributed by atoms with Gasteiger partial charge in [-0.05, 0) is 28.9 Å². The lowest BCUT2D eigenvalue weighted by Gasteiger charge is -2.12. The van der Waals surface area contributed by atoms with Gasteiger partial charge in [-0.25, -0.2) is 4.98 Å². The summed E-state index contributed by atoms with van der Waals surface area (Å²) in [5, 5.41) is 15.3. The lowest BCUT2D eigenvalue weighted by molar-refractivity contribution is 0.959. The summed E-state index contributed by atoms with van der Waals surface area (Å²) in [4.78, 5) is 11.5. The minimum atomic E-state index is 0.318. The van der Waals surface area contributed by atoms with Crippen molar-refractivity contribution in [3.63, 3.8) is 0 Å². The molecule has 0 bridgehead atoms. The summed E-state index contributed by atoms with van der Waals surface area (Å²) >= 11 is 3.53. The number of H-pyrrole nitrogens is 1. The second-order valence-corrected chi connectivity index (χ2v) is 5.09. The van der Waals surface area contributed by atoms with Crippen LogP contribution in [0.4, 0.5) is 5.69 Å². The van der Waals surface area contributed by atoms with Crippen LogP contribution < -0.4 is 10.6 Å². The van der Waals surface area contributed by atoms with Crippen molar-refractivity contribution in [3.05, 3.63) is 21.9 Å². The predicted octanol–water partition coefficient (Wildman–Crippen LogP) is 1.88. The van der Waals surface area contributed by atoms with Crippen molar-refractivity contribution in [2.45, 2.75) is 6.92 Å². The van der Waals surface area contributed by atoms with Crippen molar-refractivity contribution in [1.82, 2.24) is 15.3 Å². The molecule has 6 nitrogen and oxygen atoms in total. The molecule has 19 heavy (non-hydrogen) atoms. The Labute approximate surface area is 118 Å². The first-order chi connectivity index (χ1) is 9.19. The van der Waals surface area contributed by atoms with Gasteiger partial charge in [-0.15, -0.1) is 0 Å². The molecular formula is C12H11BrN6. The van der Waals surface area contributed by atoms with Gasteiger partial charge in [0.05, 0.1) is 23.3 Å². The van der Waals surface area contributed by atoms with Gasteiger partial charge in [0.1, 0.15) is 6.07 Å². The van der Waals surface area contributed by atoms with Crippen LogP contribution in [0, 0.1) is 18.3 Å². The van der Waals surface area contributed by atoms with Gasteiger partial charge in [-0.1, -0.05) is 0 Å². The van der Waals surface area contributed by atoms with Gasteiger partial charge >= 0.3 is 0 Å². The Morgan fingerprint density at radius 3 is 3.05 bits per heavy atom. The number of nitrogens with zero attached hydrogens (tertiary/aromatic N) is 3. The zero-order chi connectivity index (χ0) is 13.4. The van der Waals surface area contributed by atoms with Crippen LogP contribution in [0.2, 0.25) is 0 Å². The first-order valence-corrected chi connectivity index (χ1v) is 6.62. The molecule has 7 heteroatoms. The molecule has 0 radical (unpaired) electrons. The topological polar surface area (TPSA) is 88.9 Å². The highest BCUT2D eigenvalue weighted by Gasteiger charge is 2.15. The Morgan fingerprint density at radius 1 is 1.53 bits per heavy atom. The molecule has 1 aromatic heterocycles. The molecule has 1 aromatic carbocycles. The summed E-state index contributed by atoms with van der Waals surface area (Å²) in [5.41, 5.74) is 3.52. The lowest BCUT2D eigenvalue weighted by Crippen LogP contribution is -2.26. The monoisotopic (exact) mass is 318 g/mol. The number of rotatable bonds is 1. The number of nitriles is 1. The molecule has 1 aliphatic heterocycles. The number of hydrogen-bond acceptors (Lipinski definition) is 5. The van der Waals surface area contributed by atoms with E-state index in [1.54, 1.807) is 0 Å². The van der Waals surface area contributed by atoms with E-state index in [1.165, 1.54) is 0 Å². The molecule has 2 heterocycles. The minimum absolute atomic E-state index is 0.318. The van der Waals surface area contributed by atoms with Crippen molar-refractivity contribution >= 4 is 38.6 Å². The first kappa shape index (κ1) is 12.0. The van der Waals surface area contributed by atoms with Crippen molar-refractivity contribution in [1.29, 1.82) is 5.26 Å². The standard InChI is InChI=1S/C12H11BrN6/c1-6-10(19-12-15-2-3-16-12)7(13)4-8-11(6)18-9(5-14)17-8/h4H,2-3H2,1H3,(H,17,18)(H2,15,16,19). The molecule has 2 aromatic rings. The number of aryl methyl sites for hydroxylation is 1. The summed E-state index contributed by atoms with van der Waals surface area (Å²) in [6.45, 7) is 3.59. The van der Waals surface area contributed by atoms with Gasteiger partial charge in [0.15, 0.2) is 5.96 Å². The number of imidazole rings is 1. The number of aromatic nitrogens is 2. The molecule has 0 fully saturated rings. The fourth-order valence-corrected chi connectivity index (χ4v) is 2.71. The molecule has 3 rings (SSSR count). The number of anilines is 1. The van der Waals surface area contributed by atoms with E-state index in [0.29, 0.717) is 5.82 Å². The maximum absolute atomic E-state index is 8.90. The molecule has 1 aliphatic rings. The Kier molecular flexibility index (Phi) is 2.87. The molecule has 96 valence electrons. The Morgan fingerprint density at radius 2 is 2.37 bits per heavy atom. The van der Waals surface area contributed by atoms with Gasteiger partial charge in [0.25, 0.3) is 0 Å². The molecule has 0 saturated heterocycles. The summed E-state index contributed by atoms with van der Waals surface area (Å²) < 4.78 is 0.905. The zero-order valence-corrected chi connectivity index (χ0v) is 11.8. The van der Waals surface area contributed by atoms with Crippen LogP contribution in [0.5, 0.6) is 0 Å². The van der Waals surface area contributed by atoms with E-state index < -0.39 is 0 Å². The largest absolute Gasteiger partial charge is 0.354 e. The van der Waals surface area contributed by atoms with Gasteiger partial charge in [0, 0.05) is 16.6 Å². The third-order valence-electron chi connectivity index (χ3n) is 3.00. The van der Waals surface area contributed by atoms with Gasteiger partial charge in [-0.3, -0.25) is 4.99 Å². The van der Waals surface area contributed by atoms with Crippen LogP contribution in [-0.2, 0) is 0 Å². The third kappa shape index (κ3) is 2.04. The Hall–Kier alpha value is -2.07. The van der Waals surface area contributed by atoms with Crippen LogP contribution in [0.25, 0.3) is 11.0 Å². The molecular weight excluding hydrogens is 308 g/mol. The second-order valence-electron chi connectivity index (χ2n) is 4.23. The molecule has 0 aliphatic carbocycles. The van der Waals surface area contributed by atoms with Crippen molar-refractivity contribution < 1.29 is 0 Å². The molecule has 0 amide bonds. The van der Waals surface area contributed by atoms with Crippen LogP contribution in [-0.4, -0.2) is 29.0 Å². The Balaban J connectivity index is 2.11. The molecule has 3 N–H and O–H groups in total. The lowest BCUT2D eigenvalue weighted by atomic mass is 10.1. The fourth-order valence-electron chi connectivity index (χ4n) is 2.08. The molecule has 0 saturated carbocycles. The minimum Gasteiger partial charge on any atom is -0.354 e. The number of fused-ring (bicyclic) bond motifs is 1. The number of guanidine groups is 1. The van der Waals surface area contributed by atoms with Crippen LogP contribution >= 0.6 is 15.9 Å². The van der Waals surface area contributed by atoms with E-state index in [9.17, 15) is 0 Å². The van der Waals surface area contributed by atoms with Crippen molar-refractivity contribution in [2.24, 2.45) is 4.99 Å². The predicted molar refractivity (Wildman–Crippen MR) is 77.2 cm³/mol. The molecule has 0 atom stereocenters. The average molecular weight is 319 g/mol. The number of hydrogen-bond donors (Lipinski definition) is 3. The summed E-state index contributed by atoms with van der Waals surface area (Å²) in [7, 11) is 0. The first-order valence-electron chi connectivity index (χ1n) is 5.83. The summed E-state index contributed by atoms with van der Waals surface area (Å²) in [5.74, 6) is 1.08. The van der Waals surface area contributed by atoms with Gasteiger partial charge < -0.3 is 15.6 Å². The molecule has 0 spiro atoms. The van der Waals surface area contributed by atoms with E-state index in [2.05, 4.69) is 41.5 Å². The van der Waals surface area contributed by atoms with Crippen molar-refractivity contribution in [3.8, 4) is 6.07 Å². The Bertz CT molecular complexity index is 724. The highest BCUT2D eigenvalue weighted by atomic mass is 79.9. The van der Waals surface area contributed by atoms with Crippen LogP contribution in [0.3, 0.4) is 0 Å². The maximum atomic E-state index is 8.90. The number of nitrogens with one attached hydrogen (secondary N) is 3. The quantitative estimate of drug-likeness (QED) is 0.749. The maximum Gasteiger partial charge on any atom is 0.211 e. The van der Waals surface area contributed by atoms with E-state index in [1.807, 2.05) is 19.1 Å². The highest BCUT2D eigenvalue weighted by Crippen LogP contribution is 2.32. The smallest absolute Gasteiger partial charge is 0.211 e. The summed E-state index contributed by atoms with van der Waals surface area (Å²) in [6.07, 6.45) is 0. The van der Waals surface area contributed by atoms with Gasteiger partial charge in [0.2, 0.25) is 5.82 Å². The normalized spacial score (nSPS) is 14.1. The van der Waals surface area contributed by atoms with E-state index in [-0.39, 0.29) is 0 Å². The van der Waals surface area contributed by atoms with E-state index in [4.69, 9.17) is 5.26 Å². The SMILES string of the molecule is Cc1c(NC2=NCCN2)c(Br)cc2[nH]c(C#N)nc12. The number of aliphatic imine (C=N–C) groups is 1. The fraction of sp³-hybridized carbons (Fsp3) is 0.250. The van der Waals surface area contributed by atoms with Crippen LogP contribution in [0.1, 0.15) is 11.4 Å². The van der Waals surface area contributed by atoms with E-state index >= 15 is 0 Å². The second kappa shape index (κ2) is 4.55. The highest BCUT2D eigenvalue weighted by molar-refractivity contribution is 9.10. The zero-order valence-electron chi connectivity index (χ0n) is 10.2. The van der Waals surface area contributed by atoms with Crippen LogP contribution in [0.15, 0.2) is 15.5 Å².